The van der Waals surface area contributed by atoms with Gasteiger partial charge in [-0.15, -0.1) is 0 Å². The average Bonchev–Trinajstić information content (AvgIpc) is 2.77. The fraction of sp³-hybridized carbons (Fsp3) is 0.130. The van der Waals surface area contributed by atoms with Crippen LogP contribution < -0.4 is 14.8 Å². The second-order valence-corrected chi connectivity index (χ2v) is 6.67. The summed E-state index contributed by atoms with van der Waals surface area (Å²) in [6.07, 6.45) is 0. The van der Waals surface area contributed by atoms with E-state index >= 15 is 0 Å². The first-order valence-electron chi connectivity index (χ1n) is 9.13. The number of anilines is 1. The van der Waals surface area contributed by atoms with Crippen molar-refractivity contribution in [1.82, 2.24) is 0 Å². The lowest BCUT2D eigenvalue weighted by atomic mass is 10.2. The second-order valence-electron chi connectivity index (χ2n) is 6.24. The molecular weight excluding hydrogens is 406 g/mol. The standard InChI is InChI=1S/C23H20ClNO5/c1-28-21-9-5-3-7-19(21)25-22(26)15-30-23(27)18-6-2-4-8-20(18)29-14-16-10-12-17(24)13-11-16/h2-13H,14-15H2,1H3,(H,25,26). The van der Waals surface area contributed by atoms with Crippen LogP contribution in [-0.4, -0.2) is 25.6 Å². The Morgan fingerprint density at radius 1 is 0.900 bits per heavy atom. The lowest BCUT2D eigenvalue weighted by Gasteiger charge is -2.12. The van der Waals surface area contributed by atoms with E-state index < -0.39 is 18.5 Å². The molecule has 0 atom stereocenters. The fourth-order valence-electron chi connectivity index (χ4n) is 2.65. The van der Waals surface area contributed by atoms with Crippen LogP contribution in [0, 0.1) is 0 Å². The summed E-state index contributed by atoms with van der Waals surface area (Å²) in [5, 5.41) is 3.28. The van der Waals surface area contributed by atoms with Crippen LogP contribution in [0.1, 0.15) is 15.9 Å². The van der Waals surface area contributed by atoms with Gasteiger partial charge in [0.1, 0.15) is 23.7 Å². The minimum absolute atomic E-state index is 0.233. The number of carbonyl (C=O) groups is 2. The van der Waals surface area contributed by atoms with Crippen molar-refractivity contribution in [2.24, 2.45) is 0 Å². The van der Waals surface area contributed by atoms with Gasteiger partial charge in [0.2, 0.25) is 0 Å². The van der Waals surface area contributed by atoms with Crippen LogP contribution in [0.5, 0.6) is 11.5 Å². The molecule has 0 saturated heterocycles. The Kier molecular flexibility index (Phi) is 7.29. The third kappa shape index (κ3) is 5.75. The van der Waals surface area contributed by atoms with Crippen LogP contribution in [0.25, 0.3) is 0 Å². The quantitative estimate of drug-likeness (QED) is 0.528. The van der Waals surface area contributed by atoms with Crippen LogP contribution in [0.2, 0.25) is 5.02 Å². The summed E-state index contributed by atoms with van der Waals surface area (Å²) < 4.78 is 16.1. The summed E-state index contributed by atoms with van der Waals surface area (Å²) in [6.45, 7) is -0.182. The number of methoxy groups -OCH3 is 1. The van der Waals surface area contributed by atoms with Crippen molar-refractivity contribution >= 4 is 29.2 Å². The lowest BCUT2D eigenvalue weighted by Crippen LogP contribution is -2.21. The molecular formula is C23H20ClNO5. The molecule has 0 aromatic heterocycles. The highest BCUT2D eigenvalue weighted by atomic mass is 35.5. The molecule has 3 aromatic rings. The van der Waals surface area contributed by atoms with Crippen LogP contribution in [0.15, 0.2) is 72.8 Å². The van der Waals surface area contributed by atoms with Crippen molar-refractivity contribution in [2.45, 2.75) is 6.61 Å². The molecule has 6 nitrogen and oxygen atoms in total. The molecule has 154 valence electrons. The predicted molar refractivity (Wildman–Crippen MR) is 114 cm³/mol. The Labute approximate surface area is 179 Å². The number of amides is 1. The number of carbonyl (C=O) groups excluding carboxylic acids is 2. The van der Waals surface area contributed by atoms with Gasteiger partial charge in [-0.05, 0) is 42.0 Å². The molecule has 0 unspecified atom stereocenters. The number of hydrogen-bond donors (Lipinski definition) is 1. The summed E-state index contributed by atoms with van der Waals surface area (Å²) in [4.78, 5) is 24.6. The SMILES string of the molecule is COc1ccccc1NC(=O)COC(=O)c1ccccc1OCc1ccc(Cl)cc1. The minimum Gasteiger partial charge on any atom is -0.495 e. The first kappa shape index (κ1) is 21.2. The summed E-state index contributed by atoms with van der Waals surface area (Å²) >= 11 is 5.88. The number of rotatable bonds is 8. The van der Waals surface area contributed by atoms with Gasteiger partial charge in [-0.1, -0.05) is 48.0 Å². The molecule has 1 N–H and O–H groups in total. The maximum atomic E-state index is 12.5. The molecule has 0 saturated carbocycles. The maximum absolute atomic E-state index is 12.5. The zero-order chi connectivity index (χ0) is 21.3. The topological polar surface area (TPSA) is 73.9 Å². The van der Waals surface area contributed by atoms with E-state index in [1.807, 2.05) is 12.1 Å². The molecule has 7 heteroatoms. The zero-order valence-corrected chi connectivity index (χ0v) is 17.0. The average molecular weight is 426 g/mol. The highest BCUT2D eigenvalue weighted by Crippen LogP contribution is 2.23. The molecule has 0 aliphatic rings. The van der Waals surface area contributed by atoms with Crippen molar-refractivity contribution in [2.75, 3.05) is 19.0 Å². The molecule has 0 radical (unpaired) electrons. The van der Waals surface area contributed by atoms with Gasteiger partial charge in [-0.2, -0.15) is 0 Å². The van der Waals surface area contributed by atoms with Crippen molar-refractivity contribution in [3.8, 4) is 11.5 Å². The van der Waals surface area contributed by atoms with Crippen LogP contribution in [-0.2, 0) is 16.1 Å². The normalized spacial score (nSPS) is 10.2. The molecule has 0 aliphatic carbocycles. The number of halogens is 1. The fourth-order valence-corrected chi connectivity index (χ4v) is 2.77. The van der Waals surface area contributed by atoms with Gasteiger partial charge in [0.05, 0.1) is 12.8 Å². The number of hydrogen-bond acceptors (Lipinski definition) is 5. The molecule has 0 aliphatic heterocycles. The minimum atomic E-state index is -0.656. The van der Waals surface area contributed by atoms with Crippen LogP contribution in [0.4, 0.5) is 5.69 Å². The van der Waals surface area contributed by atoms with Gasteiger partial charge in [-0.25, -0.2) is 4.79 Å². The second kappa shape index (κ2) is 10.3. The molecule has 3 aromatic carbocycles. The Balaban J connectivity index is 1.58. The van der Waals surface area contributed by atoms with Gasteiger partial charge in [0.25, 0.3) is 5.91 Å². The highest BCUT2D eigenvalue weighted by Gasteiger charge is 2.16. The van der Waals surface area contributed by atoms with Crippen molar-refractivity contribution in [3.63, 3.8) is 0 Å². The van der Waals surface area contributed by atoms with E-state index in [1.165, 1.54) is 7.11 Å². The van der Waals surface area contributed by atoms with Gasteiger partial charge in [0, 0.05) is 5.02 Å². The van der Waals surface area contributed by atoms with E-state index in [1.54, 1.807) is 60.7 Å². The molecule has 0 fully saturated rings. The van der Waals surface area contributed by atoms with E-state index in [0.29, 0.717) is 22.2 Å². The van der Waals surface area contributed by atoms with Crippen LogP contribution >= 0.6 is 11.6 Å². The van der Waals surface area contributed by atoms with Crippen molar-refractivity contribution in [3.05, 3.63) is 88.9 Å². The van der Waals surface area contributed by atoms with Gasteiger partial charge >= 0.3 is 5.97 Å². The molecule has 0 heterocycles. The Hall–Kier alpha value is -3.51. The summed E-state index contributed by atoms with van der Waals surface area (Å²) in [5.41, 5.74) is 1.63. The van der Waals surface area contributed by atoms with E-state index in [4.69, 9.17) is 25.8 Å². The number of nitrogens with one attached hydrogen (secondary N) is 1. The smallest absolute Gasteiger partial charge is 0.342 e. The first-order chi connectivity index (χ1) is 14.6. The summed E-state index contributed by atoms with van der Waals surface area (Å²) in [5.74, 6) is -0.259. The number of ether oxygens (including phenoxy) is 3. The number of para-hydroxylation sites is 3. The van der Waals surface area contributed by atoms with E-state index in [0.717, 1.165) is 5.56 Å². The van der Waals surface area contributed by atoms with Crippen LogP contribution in [0.3, 0.4) is 0 Å². The van der Waals surface area contributed by atoms with Gasteiger partial charge in [-0.3, -0.25) is 4.79 Å². The third-order valence-corrected chi connectivity index (χ3v) is 4.38. The maximum Gasteiger partial charge on any atom is 0.342 e. The van der Waals surface area contributed by atoms with E-state index in [9.17, 15) is 9.59 Å². The van der Waals surface area contributed by atoms with Crippen molar-refractivity contribution in [1.29, 1.82) is 0 Å². The first-order valence-corrected chi connectivity index (χ1v) is 9.51. The summed E-state index contributed by atoms with van der Waals surface area (Å²) in [6, 6.07) is 20.9. The highest BCUT2D eigenvalue weighted by molar-refractivity contribution is 6.30. The van der Waals surface area contributed by atoms with Crippen molar-refractivity contribution < 1.29 is 23.8 Å². The summed E-state index contributed by atoms with van der Waals surface area (Å²) in [7, 11) is 1.51. The third-order valence-electron chi connectivity index (χ3n) is 4.13. The zero-order valence-electron chi connectivity index (χ0n) is 16.3. The predicted octanol–water partition coefficient (Wildman–Crippen LogP) is 4.72. The number of esters is 1. The van der Waals surface area contributed by atoms with E-state index in [-0.39, 0.29) is 12.2 Å². The lowest BCUT2D eigenvalue weighted by molar-refractivity contribution is -0.119. The molecule has 30 heavy (non-hydrogen) atoms. The molecule has 0 spiro atoms. The monoisotopic (exact) mass is 425 g/mol. The number of benzene rings is 3. The Morgan fingerprint density at radius 3 is 2.30 bits per heavy atom. The Morgan fingerprint density at radius 2 is 1.57 bits per heavy atom. The molecule has 3 rings (SSSR count). The largest absolute Gasteiger partial charge is 0.495 e. The molecule has 0 bridgehead atoms. The molecule has 1 amide bonds. The Bertz CT molecular complexity index is 1020. The van der Waals surface area contributed by atoms with E-state index in [2.05, 4.69) is 5.32 Å². The van der Waals surface area contributed by atoms with Gasteiger partial charge < -0.3 is 19.5 Å². The van der Waals surface area contributed by atoms with Gasteiger partial charge in [0.15, 0.2) is 6.61 Å².